The van der Waals surface area contributed by atoms with Crippen molar-refractivity contribution in [3.63, 3.8) is 0 Å². The minimum atomic E-state index is -0.334. The molecule has 4 nitrogen and oxygen atoms in total. The van der Waals surface area contributed by atoms with Crippen molar-refractivity contribution in [2.24, 2.45) is 0 Å². The molecule has 0 saturated heterocycles. The standard InChI is InChI=1S/C12H9Cl2NO3/c1-6-8(2-3-18-6)12(17)15-7-4-9(13)11(16)10(14)5-7/h2-5,16H,1H3,(H,15,17). The van der Waals surface area contributed by atoms with E-state index in [0.29, 0.717) is 17.0 Å². The maximum absolute atomic E-state index is 11.9. The van der Waals surface area contributed by atoms with E-state index in [1.807, 2.05) is 0 Å². The van der Waals surface area contributed by atoms with Crippen molar-refractivity contribution in [2.45, 2.75) is 6.92 Å². The second-order valence-electron chi connectivity index (χ2n) is 3.63. The SMILES string of the molecule is Cc1occc1C(=O)Nc1cc(Cl)c(O)c(Cl)c1. The zero-order valence-electron chi connectivity index (χ0n) is 9.33. The third-order valence-corrected chi connectivity index (χ3v) is 2.95. The van der Waals surface area contributed by atoms with Crippen LogP contribution in [0.1, 0.15) is 16.1 Å². The monoisotopic (exact) mass is 285 g/mol. The summed E-state index contributed by atoms with van der Waals surface area (Å²) in [6.07, 6.45) is 1.43. The largest absolute Gasteiger partial charge is 0.505 e. The highest BCUT2D eigenvalue weighted by molar-refractivity contribution is 6.37. The molecule has 0 radical (unpaired) electrons. The third kappa shape index (κ3) is 2.44. The number of benzene rings is 1. The average molecular weight is 286 g/mol. The Morgan fingerprint density at radius 1 is 1.33 bits per heavy atom. The maximum Gasteiger partial charge on any atom is 0.259 e. The number of amides is 1. The minimum absolute atomic E-state index is 0.0710. The van der Waals surface area contributed by atoms with E-state index in [1.165, 1.54) is 18.4 Å². The number of rotatable bonds is 2. The number of aryl methyl sites for hydroxylation is 1. The lowest BCUT2D eigenvalue weighted by atomic mass is 10.2. The number of carbonyl (C=O) groups excluding carboxylic acids is 1. The molecule has 2 aromatic rings. The van der Waals surface area contributed by atoms with E-state index in [0.717, 1.165) is 0 Å². The van der Waals surface area contributed by atoms with Gasteiger partial charge in [0, 0.05) is 5.69 Å². The van der Waals surface area contributed by atoms with Gasteiger partial charge in [0.25, 0.3) is 5.91 Å². The summed E-state index contributed by atoms with van der Waals surface area (Å²) in [5, 5.41) is 12.2. The maximum atomic E-state index is 11.9. The molecular formula is C12H9Cl2NO3. The Kier molecular flexibility index (Phi) is 3.50. The predicted octanol–water partition coefficient (Wildman–Crippen LogP) is 3.85. The van der Waals surface area contributed by atoms with Gasteiger partial charge in [0.1, 0.15) is 5.76 Å². The molecule has 94 valence electrons. The van der Waals surface area contributed by atoms with Crippen LogP contribution in [0.15, 0.2) is 28.9 Å². The summed E-state index contributed by atoms with van der Waals surface area (Å²) in [5.74, 6) is -0.0293. The first-order valence-electron chi connectivity index (χ1n) is 5.02. The molecule has 18 heavy (non-hydrogen) atoms. The second-order valence-corrected chi connectivity index (χ2v) is 4.45. The lowest BCUT2D eigenvalue weighted by molar-refractivity contribution is 0.102. The number of halogens is 2. The quantitative estimate of drug-likeness (QED) is 0.824. The molecule has 1 aromatic carbocycles. The Labute approximate surface area is 113 Å². The molecule has 0 bridgehead atoms. The van der Waals surface area contributed by atoms with Gasteiger partial charge in [-0.3, -0.25) is 4.79 Å². The van der Waals surface area contributed by atoms with Crippen LogP contribution in [0.4, 0.5) is 5.69 Å². The molecule has 0 fully saturated rings. The van der Waals surface area contributed by atoms with Gasteiger partial charge in [-0.25, -0.2) is 0 Å². The Morgan fingerprint density at radius 3 is 2.44 bits per heavy atom. The first-order valence-corrected chi connectivity index (χ1v) is 5.78. The number of phenols is 1. The molecule has 0 atom stereocenters. The molecule has 0 aliphatic carbocycles. The van der Waals surface area contributed by atoms with Crippen molar-refractivity contribution in [1.82, 2.24) is 0 Å². The van der Waals surface area contributed by atoms with Crippen LogP contribution < -0.4 is 5.32 Å². The summed E-state index contributed by atoms with van der Waals surface area (Å²) in [6.45, 7) is 1.69. The van der Waals surface area contributed by atoms with Crippen LogP contribution in [0, 0.1) is 6.92 Å². The predicted molar refractivity (Wildman–Crippen MR) is 69.5 cm³/mol. The second kappa shape index (κ2) is 4.92. The lowest BCUT2D eigenvalue weighted by Gasteiger charge is -2.07. The fraction of sp³-hybridized carbons (Fsp3) is 0.0833. The van der Waals surface area contributed by atoms with Gasteiger partial charge < -0.3 is 14.8 Å². The Hall–Kier alpha value is -1.65. The van der Waals surface area contributed by atoms with Crippen LogP contribution in [0.25, 0.3) is 0 Å². The molecule has 2 rings (SSSR count). The van der Waals surface area contributed by atoms with Gasteiger partial charge in [0.15, 0.2) is 5.75 Å². The van der Waals surface area contributed by atoms with Crippen LogP contribution in [-0.4, -0.2) is 11.0 Å². The highest BCUT2D eigenvalue weighted by atomic mass is 35.5. The molecule has 1 aromatic heterocycles. The fourth-order valence-electron chi connectivity index (χ4n) is 1.46. The summed E-state index contributed by atoms with van der Waals surface area (Å²) in [4.78, 5) is 11.9. The molecular weight excluding hydrogens is 277 g/mol. The van der Waals surface area contributed by atoms with Gasteiger partial charge in [-0.1, -0.05) is 23.2 Å². The van der Waals surface area contributed by atoms with Crippen molar-refractivity contribution in [1.29, 1.82) is 0 Å². The molecule has 0 saturated carbocycles. The lowest BCUT2D eigenvalue weighted by Crippen LogP contribution is -2.12. The number of phenolic OH excluding ortho intramolecular Hbond substituents is 1. The zero-order valence-corrected chi connectivity index (χ0v) is 10.8. The summed E-state index contributed by atoms with van der Waals surface area (Å²) in [5.41, 5.74) is 0.823. The van der Waals surface area contributed by atoms with E-state index in [-0.39, 0.29) is 21.7 Å². The van der Waals surface area contributed by atoms with E-state index in [2.05, 4.69) is 5.32 Å². The van der Waals surface area contributed by atoms with Crippen LogP contribution in [0.5, 0.6) is 5.75 Å². The summed E-state index contributed by atoms with van der Waals surface area (Å²) in [6, 6.07) is 4.39. The van der Waals surface area contributed by atoms with Crippen LogP contribution in [-0.2, 0) is 0 Å². The van der Waals surface area contributed by atoms with Crippen molar-refractivity contribution in [3.05, 3.63) is 45.8 Å². The number of carbonyl (C=O) groups is 1. The molecule has 0 spiro atoms. The molecule has 6 heteroatoms. The van der Waals surface area contributed by atoms with Crippen LogP contribution >= 0.6 is 23.2 Å². The highest BCUT2D eigenvalue weighted by Crippen LogP contribution is 2.34. The first-order chi connectivity index (χ1) is 8.49. The van der Waals surface area contributed by atoms with Crippen molar-refractivity contribution in [3.8, 4) is 5.75 Å². The minimum Gasteiger partial charge on any atom is -0.505 e. The van der Waals surface area contributed by atoms with E-state index < -0.39 is 0 Å². The van der Waals surface area contributed by atoms with Crippen LogP contribution in [0.2, 0.25) is 10.0 Å². The van der Waals surface area contributed by atoms with Gasteiger partial charge in [-0.15, -0.1) is 0 Å². The smallest absolute Gasteiger partial charge is 0.259 e. The molecule has 0 aliphatic heterocycles. The van der Waals surface area contributed by atoms with Crippen LogP contribution in [0.3, 0.4) is 0 Å². The van der Waals surface area contributed by atoms with Crippen molar-refractivity contribution in [2.75, 3.05) is 5.32 Å². The first kappa shape index (κ1) is 12.8. The van der Waals surface area contributed by atoms with Gasteiger partial charge in [0.05, 0.1) is 21.9 Å². The molecule has 1 heterocycles. The normalized spacial score (nSPS) is 10.4. The number of hydrogen-bond donors (Lipinski definition) is 2. The third-order valence-electron chi connectivity index (χ3n) is 2.38. The van der Waals surface area contributed by atoms with Gasteiger partial charge in [0.2, 0.25) is 0 Å². The van der Waals surface area contributed by atoms with E-state index >= 15 is 0 Å². The Morgan fingerprint density at radius 2 is 1.94 bits per heavy atom. The zero-order chi connectivity index (χ0) is 13.3. The van der Waals surface area contributed by atoms with E-state index in [9.17, 15) is 9.90 Å². The summed E-state index contributed by atoms with van der Waals surface area (Å²) in [7, 11) is 0. The summed E-state index contributed by atoms with van der Waals surface area (Å²) >= 11 is 11.5. The van der Waals surface area contributed by atoms with E-state index in [1.54, 1.807) is 13.0 Å². The molecule has 2 N–H and O–H groups in total. The van der Waals surface area contributed by atoms with Gasteiger partial charge in [-0.2, -0.15) is 0 Å². The number of nitrogens with one attached hydrogen (secondary N) is 1. The molecule has 0 aliphatic rings. The number of hydrogen-bond acceptors (Lipinski definition) is 3. The highest BCUT2D eigenvalue weighted by Gasteiger charge is 2.13. The van der Waals surface area contributed by atoms with Crippen molar-refractivity contribution >= 4 is 34.8 Å². The van der Waals surface area contributed by atoms with Gasteiger partial charge in [-0.05, 0) is 25.1 Å². The topological polar surface area (TPSA) is 62.5 Å². The number of aromatic hydroxyl groups is 1. The van der Waals surface area contributed by atoms with Gasteiger partial charge >= 0.3 is 0 Å². The van der Waals surface area contributed by atoms with E-state index in [4.69, 9.17) is 27.6 Å². The average Bonchev–Trinajstić information content (AvgIpc) is 2.72. The Balaban J connectivity index is 2.25. The Bertz CT molecular complexity index is 584. The summed E-state index contributed by atoms with van der Waals surface area (Å²) < 4.78 is 5.04. The number of anilines is 1. The fourth-order valence-corrected chi connectivity index (χ4v) is 1.94. The molecule has 1 amide bonds. The number of furan rings is 1. The molecule has 0 unspecified atom stereocenters. The van der Waals surface area contributed by atoms with Crippen molar-refractivity contribution < 1.29 is 14.3 Å².